The number of nitrogens with zero attached hydrogens (tertiary/aromatic N) is 4. The van der Waals surface area contributed by atoms with E-state index in [0.717, 1.165) is 5.52 Å². The maximum atomic E-state index is 14.1. The number of carbonyl (C=O) groups excluding carboxylic acids is 2. The molecule has 4 aromatic rings. The second kappa shape index (κ2) is 10.8. The van der Waals surface area contributed by atoms with Crippen LogP contribution in [0.15, 0.2) is 71.3 Å². The molecule has 1 saturated carbocycles. The van der Waals surface area contributed by atoms with Gasteiger partial charge in [0.15, 0.2) is 6.04 Å². The normalized spacial score (nSPS) is 15.3. The quantitative estimate of drug-likeness (QED) is 0.339. The van der Waals surface area contributed by atoms with Gasteiger partial charge in [-0.15, -0.1) is 5.10 Å². The van der Waals surface area contributed by atoms with Crippen LogP contribution in [-0.2, 0) is 16.1 Å². The Morgan fingerprint density at radius 2 is 1.76 bits per heavy atom. The highest BCUT2D eigenvalue weighted by Crippen LogP contribution is 2.35. The first-order valence-electron chi connectivity index (χ1n) is 13.4. The lowest BCUT2D eigenvalue weighted by atomic mass is 9.84. The molecule has 0 saturated heterocycles. The van der Waals surface area contributed by atoms with E-state index >= 15 is 0 Å². The van der Waals surface area contributed by atoms with Crippen LogP contribution in [0, 0.1) is 0 Å². The zero-order valence-corrected chi connectivity index (χ0v) is 22.3. The van der Waals surface area contributed by atoms with E-state index < -0.39 is 11.6 Å². The van der Waals surface area contributed by atoms with Gasteiger partial charge in [-0.2, -0.15) is 0 Å². The van der Waals surface area contributed by atoms with E-state index in [1.54, 1.807) is 16.8 Å². The molecule has 0 unspecified atom stereocenters. The monoisotopic (exact) mass is 513 g/mol. The predicted molar refractivity (Wildman–Crippen MR) is 147 cm³/mol. The number of carbonyl (C=O) groups is 2. The van der Waals surface area contributed by atoms with Gasteiger partial charge < -0.3 is 9.73 Å². The summed E-state index contributed by atoms with van der Waals surface area (Å²) >= 11 is 0. The molecule has 198 valence electrons. The van der Waals surface area contributed by atoms with Crippen LogP contribution in [0.4, 0.5) is 5.69 Å². The lowest BCUT2D eigenvalue weighted by Gasteiger charge is -2.32. The van der Waals surface area contributed by atoms with Crippen LogP contribution in [0.1, 0.15) is 76.2 Å². The molecule has 1 N–H and O–H groups in total. The molecule has 38 heavy (non-hydrogen) atoms. The zero-order chi connectivity index (χ0) is 26.7. The van der Waals surface area contributed by atoms with Crippen LogP contribution in [0.3, 0.4) is 0 Å². The van der Waals surface area contributed by atoms with Gasteiger partial charge in [-0.1, -0.05) is 48.7 Å². The molecule has 1 atom stereocenters. The molecule has 0 bridgehead atoms. The minimum atomic E-state index is -0.993. The average Bonchev–Trinajstić information content (AvgIpc) is 3.57. The second-order valence-electron chi connectivity index (χ2n) is 11.1. The summed E-state index contributed by atoms with van der Waals surface area (Å²) in [5.74, 6) is 0.311. The smallest absolute Gasteiger partial charge is 0.251 e. The van der Waals surface area contributed by atoms with Gasteiger partial charge >= 0.3 is 0 Å². The number of benzene rings is 2. The van der Waals surface area contributed by atoms with Crippen molar-refractivity contribution in [2.45, 2.75) is 76.9 Å². The van der Waals surface area contributed by atoms with Gasteiger partial charge in [0.25, 0.3) is 5.91 Å². The number of furan rings is 1. The van der Waals surface area contributed by atoms with Crippen LogP contribution in [0.5, 0.6) is 0 Å². The predicted octanol–water partition coefficient (Wildman–Crippen LogP) is 5.76. The Balaban J connectivity index is 1.54. The molecule has 2 aromatic heterocycles. The van der Waals surface area contributed by atoms with E-state index in [9.17, 15) is 9.59 Å². The van der Waals surface area contributed by atoms with E-state index in [1.807, 2.05) is 57.2 Å². The summed E-state index contributed by atoms with van der Waals surface area (Å²) in [7, 11) is 0. The number of para-hydroxylation sites is 1. The molecule has 8 nitrogen and oxygen atoms in total. The first kappa shape index (κ1) is 25.7. The number of hydrogen-bond donors (Lipinski definition) is 1. The maximum Gasteiger partial charge on any atom is 0.251 e. The first-order chi connectivity index (χ1) is 18.3. The summed E-state index contributed by atoms with van der Waals surface area (Å²) in [5, 5.41) is 11.4. The lowest BCUT2D eigenvalue weighted by molar-refractivity contribution is -0.128. The maximum absolute atomic E-state index is 14.1. The molecule has 0 radical (unpaired) electrons. The number of amides is 2. The first-order valence-corrected chi connectivity index (χ1v) is 13.4. The highest BCUT2D eigenvalue weighted by atomic mass is 16.3. The van der Waals surface area contributed by atoms with Crippen molar-refractivity contribution in [2.75, 3.05) is 4.90 Å². The molecular weight excluding hydrogens is 478 g/mol. The molecule has 5 rings (SSSR count). The molecule has 1 aliphatic carbocycles. The van der Waals surface area contributed by atoms with Gasteiger partial charge in [-0.3, -0.25) is 14.5 Å². The Kier molecular flexibility index (Phi) is 7.31. The Hall–Kier alpha value is -3.94. The third-order valence-corrected chi connectivity index (χ3v) is 7.04. The van der Waals surface area contributed by atoms with E-state index in [1.165, 1.54) is 48.8 Å². The van der Waals surface area contributed by atoms with Gasteiger partial charge in [0, 0.05) is 11.2 Å². The number of anilines is 1. The highest BCUT2D eigenvalue weighted by molar-refractivity contribution is 6.01. The van der Waals surface area contributed by atoms with E-state index in [4.69, 9.17) is 4.42 Å². The standard InChI is InChI=1S/C30H35N5O3/c1-30(2,3)31-29(37)28(26-14-9-19-38-26)35(23-17-15-22(16-18-23)21-10-5-4-6-11-21)27(36)20-34-25-13-8-7-12-24(25)32-33-34/h7-9,12-19,21,28H,4-6,10-11,20H2,1-3H3,(H,31,37)/t28-/m1/s1. The van der Waals surface area contributed by atoms with Crippen molar-refractivity contribution in [3.05, 3.63) is 78.3 Å². The van der Waals surface area contributed by atoms with E-state index in [-0.39, 0.29) is 18.4 Å². The van der Waals surface area contributed by atoms with Crippen LogP contribution in [-0.4, -0.2) is 32.3 Å². The van der Waals surface area contributed by atoms with Crippen molar-refractivity contribution in [2.24, 2.45) is 0 Å². The van der Waals surface area contributed by atoms with Gasteiger partial charge in [-0.25, -0.2) is 4.68 Å². The summed E-state index contributed by atoms with van der Waals surface area (Å²) in [6.45, 7) is 5.66. The molecular formula is C30H35N5O3. The minimum Gasteiger partial charge on any atom is -0.467 e. The van der Waals surface area contributed by atoms with Crippen molar-refractivity contribution in [3.8, 4) is 0 Å². The molecule has 0 spiro atoms. The summed E-state index contributed by atoms with van der Waals surface area (Å²) in [6, 6.07) is 18.0. The third kappa shape index (κ3) is 5.64. The van der Waals surface area contributed by atoms with E-state index in [0.29, 0.717) is 22.9 Å². The molecule has 1 aliphatic rings. The van der Waals surface area contributed by atoms with Gasteiger partial charge in [-0.05, 0) is 81.5 Å². The number of fused-ring (bicyclic) bond motifs is 1. The zero-order valence-electron chi connectivity index (χ0n) is 22.3. The Morgan fingerprint density at radius 1 is 1.03 bits per heavy atom. The van der Waals surface area contributed by atoms with Crippen molar-refractivity contribution < 1.29 is 14.0 Å². The van der Waals surface area contributed by atoms with Crippen molar-refractivity contribution >= 4 is 28.5 Å². The van der Waals surface area contributed by atoms with E-state index in [2.05, 4.69) is 27.8 Å². The number of rotatable bonds is 7. The topological polar surface area (TPSA) is 93.3 Å². The van der Waals surface area contributed by atoms with Crippen LogP contribution in [0.2, 0.25) is 0 Å². The number of hydrogen-bond acceptors (Lipinski definition) is 5. The molecule has 8 heteroatoms. The summed E-state index contributed by atoms with van der Waals surface area (Å²) in [6.07, 6.45) is 7.68. The SMILES string of the molecule is CC(C)(C)NC(=O)[C@@H](c1ccco1)N(C(=O)Cn1nnc2ccccc21)c1ccc(C2CCCCC2)cc1. The largest absolute Gasteiger partial charge is 0.467 e. The van der Waals surface area contributed by atoms with Crippen LogP contribution in [0.25, 0.3) is 11.0 Å². The molecule has 1 fully saturated rings. The molecule has 0 aliphatic heterocycles. The summed E-state index contributed by atoms with van der Waals surface area (Å²) in [5.41, 5.74) is 2.86. The molecule has 2 heterocycles. The summed E-state index contributed by atoms with van der Waals surface area (Å²) < 4.78 is 7.29. The molecule has 2 amide bonds. The highest BCUT2D eigenvalue weighted by Gasteiger charge is 2.36. The van der Waals surface area contributed by atoms with Crippen LogP contribution >= 0.6 is 0 Å². The fourth-order valence-electron chi connectivity index (χ4n) is 5.28. The fraction of sp³-hybridized carbons (Fsp3) is 0.400. The Labute approximate surface area is 223 Å². The number of nitrogens with one attached hydrogen (secondary N) is 1. The molecule has 2 aromatic carbocycles. The van der Waals surface area contributed by atoms with Crippen molar-refractivity contribution in [3.63, 3.8) is 0 Å². The Bertz CT molecular complexity index is 1380. The van der Waals surface area contributed by atoms with Crippen molar-refractivity contribution in [1.29, 1.82) is 0 Å². The fourth-order valence-corrected chi connectivity index (χ4v) is 5.28. The van der Waals surface area contributed by atoms with Gasteiger partial charge in [0.05, 0.1) is 11.8 Å². The van der Waals surface area contributed by atoms with Gasteiger partial charge in [0.2, 0.25) is 5.91 Å². The minimum absolute atomic E-state index is 0.0785. The lowest BCUT2D eigenvalue weighted by Crippen LogP contribution is -2.50. The third-order valence-electron chi connectivity index (χ3n) is 7.04. The average molecular weight is 514 g/mol. The Morgan fingerprint density at radius 3 is 2.45 bits per heavy atom. The van der Waals surface area contributed by atoms with Crippen LogP contribution < -0.4 is 10.2 Å². The van der Waals surface area contributed by atoms with Gasteiger partial charge in [0.1, 0.15) is 17.8 Å². The van der Waals surface area contributed by atoms with Crippen molar-refractivity contribution in [1.82, 2.24) is 20.3 Å². The second-order valence-corrected chi connectivity index (χ2v) is 11.1. The number of aromatic nitrogens is 3. The summed E-state index contributed by atoms with van der Waals surface area (Å²) in [4.78, 5) is 29.3.